The van der Waals surface area contributed by atoms with Crippen LogP contribution in [0.5, 0.6) is 0 Å². The molecule has 1 unspecified atom stereocenters. The Hall–Kier alpha value is -2.13. The molecule has 0 aliphatic rings. The number of aliphatic hydroxyl groups excluding tert-OH is 1. The van der Waals surface area contributed by atoms with Crippen LogP contribution in [0, 0.1) is 21.7 Å². The number of rotatable bonds is 6. The van der Waals surface area contributed by atoms with E-state index in [0.29, 0.717) is 12.1 Å². The largest absolute Gasteiger partial charge is 0.389 e. The molecule has 2 N–H and O–H groups in total. The Morgan fingerprint density at radius 3 is 2.75 bits per heavy atom. The first kappa shape index (κ1) is 15.9. The summed E-state index contributed by atoms with van der Waals surface area (Å²) >= 11 is 0. The Bertz CT molecular complexity index is 524. The fourth-order valence-corrected chi connectivity index (χ4v) is 1.44. The molecule has 110 valence electrons. The molecule has 1 rings (SSSR count). The molecule has 0 saturated carbocycles. The van der Waals surface area contributed by atoms with Gasteiger partial charge in [-0.15, -0.1) is 0 Å². The van der Waals surface area contributed by atoms with Crippen LogP contribution in [0.25, 0.3) is 0 Å². The summed E-state index contributed by atoms with van der Waals surface area (Å²) in [6.45, 7) is -0.394. The first-order valence-electron chi connectivity index (χ1n) is 5.46. The van der Waals surface area contributed by atoms with Crippen molar-refractivity contribution in [3.8, 4) is 0 Å². The van der Waals surface area contributed by atoms with Gasteiger partial charge in [-0.1, -0.05) is 0 Å². The SMILES string of the molecule is COCC(O)CNC(=O)c1c(F)ccc([N+](=O)[O-])c1F. The van der Waals surface area contributed by atoms with Gasteiger partial charge in [-0.05, 0) is 6.07 Å². The summed E-state index contributed by atoms with van der Waals surface area (Å²) in [5.74, 6) is -3.99. The zero-order chi connectivity index (χ0) is 15.3. The lowest BCUT2D eigenvalue weighted by molar-refractivity contribution is -0.387. The van der Waals surface area contributed by atoms with E-state index in [1.165, 1.54) is 7.11 Å². The molecular weight excluding hydrogens is 278 g/mol. The predicted molar refractivity (Wildman–Crippen MR) is 63.2 cm³/mol. The fourth-order valence-electron chi connectivity index (χ4n) is 1.44. The van der Waals surface area contributed by atoms with Gasteiger partial charge < -0.3 is 15.2 Å². The molecular formula is C11H12F2N2O5. The molecule has 0 heterocycles. The topological polar surface area (TPSA) is 102 Å². The number of ether oxygens (including phenoxy) is 1. The number of amides is 1. The number of nitrogens with one attached hydrogen (secondary N) is 1. The standard InChI is InChI=1S/C11H12F2N2O5/c1-20-5-6(16)4-14-11(17)9-7(12)2-3-8(10(9)13)15(18)19/h2-3,6,16H,4-5H2,1H3,(H,14,17). The van der Waals surface area contributed by atoms with Crippen LogP contribution in [0.2, 0.25) is 0 Å². The van der Waals surface area contributed by atoms with Crippen LogP contribution in [-0.2, 0) is 4.74 Å². The summed E-state index contributed by atoms with van der Waals surface area (Å²) in [6, 6.07) is 1.25. The van der Waals surface area contributed by atoms with E-state index in [4.69, 9.17) is 0 Å². The first-order valence-corrected chi connectivity index (χ1v) is 5.46. The van der Waals surface area contributed by atoms with Crippen molar-refractivity contribution < 1.29 is 28.3 Å². The maximum Gasteiger partial charge on any atom is 0.305 e. The Morgan fingerprint density at radius 2 is 2.20 bits per heavy atom. The fraction of sp³-hybridized carbons (Fsp3) is 0.364. The van der Waals surface area contributed by atoms with E-state index in [1.807, 2.05) is 0 Å². The summed E-state index contributed by atoms with van der Waals surface area (Å²) < 4.78 is 31.7. The molecule has 0 spiro atoms. The normalized spacial score (nSPS) is 12.0. The molecule has 0 bridgehead atoms. The monoisotopic (exact) mass is 290 g/mol. The van der Waals surface area contributed by atoms with E-state index >= 15 is 0 Å². The minimum absolute atomic E-state index is 0.0832. The Morgan fingerprint density at radius 1 is 1.55 bits per heavy atom. The van der Waals surface area contributed by atoms with Crippen molar-refractivity contribution in [2.45, 2.75) is 6.10 Å². The molecule has 0 aliphatic heterocycles. The lowest BCUT2D eigenvalue weighted by Crippen LogP contribution is -2.35. The number of aliphatic hydroxyl groups is 1. The summed E-state index contributed by atoms with van der Waals surface area (Å²) in [7, 11) is 1.32. The molecule has 0 radical (unpaired) electrons. The highest BCUT2D eigenvalue weighted by molar-refractivity contribution is 5.95. The number of halogens is 2. The van der Waals surface area contributed by atoms with Crippen molar-refractivity contribution in [2.24, 2.45) is 0 Å². The van der Waals surface area contributed by atoms with Gasteiger partial charge in [0.15, 0.2) is 0 Å². The number of nitro groups is 1. The van der Waals surface area contributed by atoms with Crippen LogP contribution in [0.15, 0.2) is 12.1 Å². The van der Waals surface area contributed by atoms with Crippen LogP contribution in [0.3, 0.4) is 0 Å². The zero-order valence-electron chi connectivity index (χ0n) is 10.4. The van der Waals surface area contributed by atoms with Crippen molar-refractivity contribution in [3.05, 3.63) is 39.4 Å². The number of nitro benzene ring substituents is 1. The van der Waals surface area contributed by atoms with E-state index in [0.717, 1.165) is 0 Å². The minimum atomic E-state index is -1.56. The molecule has 1 atom stereocenters. The number of hydrogen-bond donors (Lipinski definition) is 2. The van der Waals surface area contributed by atoms with Crippen LogP contribution in [-0.4, -0.2) is 42.3 Å². The van der Waals surface area contributed by atoms with E-state index in [2.05, 4.69) is 10.1 Å². The van der Waals surface area contributed by atoms with Gasteiger partial charge in [0, 0.05) is 19.7 Å². The lowest BCUT2D eigenvalue weighted by Gasteiger charge is -2.11. The number of hydrogen-bond acceptors (Lipinski definition) is 5. The van der Waals surface area contributed by atoms with Gasteiger partial charge in [0.05, 0.1) is 17.6 Å². The minimum Gasteiger partial charge on any atom is -0.389 e. The Balaban J connectivity index is 2.92. The highest BCUT2D eigenvalue weighted by atomic mass is 19.1. The summed E-state index contributed by atoms with van der Waals surface area (Å²) in [5, 5.41) is 21.9. The third kappa shape index (κ3) is 3.68. The van der Waals surface area contributed by atoms with E-state index in [9.17, 15) is 28.8 Å². The van der Waals surface area contributed by atoms with Gasteiger partial charge in [-0.3, -0.25) is 14.9 Å². The van der Waals surface area contributed by atoms with Crippen molar-refractivity contribution >= 4 is 11.6 Å². The van der Waals surface area contributed by atoms with Crippen LogP contribution < -0.4 is 5.32 Å². The number of carbonyl (C=O) groups is 1. The predicted octanol–water partition coefficient (Wildman–Crippen LogP) is 0.610. The third-order valence-electron chi connectivity index (χ3n) is 2.35. The molecule has 20 heavy (non-hydrogen) atoms. The number of nitrogens with zero attached hydrogens (tertiary/aromatic N) is 1. The van der Waals surface area contributed by atoms with Crippen LogP contribution >= 0.6 is 0 Å². The summed E-state index contributed by atoms with van der Waals surface area (Å²) in [4.78, 5) is 21.1. The van der Waals surface area contributed by atoms with Crippen molar-refractivity contribution in [1.82, 2.24) is 5.32 Å². The molecule has 1 amide bonds. The second kappa shape index (κ2) is 6.87. The van der Waals surface area contributed by atoms with Crippen LogP contribution in [0.4, 0.5) is 14.5 Å². The van der Waals surface area contributed by atoms with Gasteiger partial charge in [0.2, 0.25) is 5.82 Å². The number of benzene rings is 1. The number of carbonyl (C=O) groups excluding carboxylic acids is 1. The lowest BCUT2D eigenvalue weighted by atomic mass is 10.1. The van der Waals surface area contributed by atoms with Crippen molar-refractivity contribution in [3.63, 3.8) is 0 Å². The van der Waals surface area contributed by atoms with Gasteiger partial charge in [0.25, 0.3) is 5.91 Å². The van der Waals surface area contributed by atoms with E-state index in [1.54, 1.807) is 0 Å². The molecule has 9 heteroatoms. The second-order valence-corrected chi connectivity index (χ2v) is 3.83. The quantitative estimate of drug-likeness (QED) is 0.590. The summed E-state index contributed by atoms with van der Waals surface area (Å²) in [5.41, 5.74) is -2.07. The molecule has 0 saturated heterocycles. The average molecular weight is 290 g/mol. The van der Waals surface area contributed by atoms with Gasteiger partial charge in [-0.25, -0.2) is 4.39 Å². The smallest absolute Gasteiger partial charge is 0.305 e. The maximum absolute atomic E-state index is 13.7. The second-order valence-electron chi connectivity index (χ2n) is 3.83. The molecule has 1 aromatic carbocycles. The van der Waals surface area contributed by atoms with Gasteiger partial charge in [0.1, 0.15) is 11.4 Å². The Kier molecular flexibility index (Phi) is 5.47. The Labute approximate surface area is 112 Å². The molecule has 0 aliphatic carbocycles. The van der Waals surface area contributed by atoms with Gasteiger partial charge >= 0.3 is 5.69 Å². The number of methoxy groups -OCH3 is 1. The zero-order valence-corrected chi connectivity index (χ0v) is 10.4. The maximum atomic E-state index is 13.7. The highest BCUT2D eigenvalue weighted by Crippen LogP contribution is 2.22. The van der Waals surface area contributed by atoms with Crippen LogP contribution in [0.1, 0.15) is 10.4 Å². The molecule has 7 nitrogen and oxygen atoms in total. The molecule has 1 aromatic rings. The average Bonchev–Trinajstić information content (AvgIpc) is 2.36. The van der Waals surface area contributed by atoms with E-state index < -0.39 is 39.8 Å². The summed E-state index contributed by atoms with van der Waals surface area (Å²) in [6.07, 6.45) is -1.06. The van der Waals surface area contributed by atoms with E-state index in [-0.39, 0.29) is 13.2 Å². The van der Waals surface area contributed by atoms with Gasteiger partial charge in [-0.2, -0.15) is 4.39 Å². The molecule has 0 fully saturated rings. The molecule has 0 aromatic heterocycles. The van der Waals surface area contributed by atoms with Crippen molar-refractivity contribution in [2.75, 3.05) is 20.3 Å². The highest BCUT2D eigenvalue weighted by Gasteiger charge is 2.26. The van der Waals surface area contributed by atoms with Crippen molar-refractivity contribution in [1.29, 1.82) is 0 Å². The third-order valence-corrected chi connectivity index (χ3v) is 2.35. The first-order chi connectivity index (χ1) is 9.38.